The summed E-state index contributed by atoms with van der Waals surface area (Å²) in [5, 5.41) is 15.3. The van der Waals surface area contributed by atoms with Gasteiger partial charge in [-0.25, -0.2) is 19.5 Å². The number of rotatable bonds is 5. The lowest BCUT2D eigenvalue weighted by Gasteiger charge is -2.28. The van der Waals surface area contributed by atoms with Crippen LogP contribution in [0.3, 0.4) is 0 Å². The average Bonchev–Trinajstić information content (AvgIpc) is 3.54. The molecule has 0 spiro atoms. The van der Waals surface area contributed by atoms with Crippen LogP contribution in [0.15, 0.2) is 82.7 Å². The van der Waals surface area contributed by atoms with Crippen molar-refractivity contribution < 1.29 is 19.0 Å². The van der Waals surface area contributed by atoms with Crippen LogP contribution < -0.4 is 9.47 Å². The summed E-state index contributed by atoms with van der Waals surface area (Å²) in [4.78, 5) is 13.9. The van der Waals surface area contributed by atoms with Crippen LogP contribution in [0.5, 0.6) is 23.1 Å². The molecule has 7 rings (SSSR count). The van der Waals surface area contributed by atoms with Crippen molar-refractivity contribution in [1.29, 1.82) is 0 Å². The van der Waals surface area contributed by atoms with Gasteiger partial charge in [0.05, 0.1) is 18.4 Å². The number of hydrogen-bond donors (Lipinski definition) is 1. The van der Waals surface area contributed by atoms with Gasteiger partial charge >= 0.3 is 0 Å². The summed E-state index contributed by atoms with van der Waals surface area (Å²) in [6, 6.07) is 20.7. The summed E-state index contributed by atoms with van der Waals surface area (Å²) in [5.74, 6) is 2.72. The second kappa shape index (κ2) is 8.52. The van der Waals surface area contributed by atoms with Crippen molar-refractivity contribution in [2.45, 2.75) is 16.9 Å². The van der Waals surface area contributed by atoms with E-state index in [4.69, 9.17) is 18.9 Å². The number of thioether (sulfide) groups is 1. The highest BCUT2D eigenvalue weighted by molar-refractivity contribution is 7.98. The van der Waals surface area contributed by atoms with Gasteiger partial charge in [-0.15, -0.1) is 5.10 Å². The molecule has 1 atom stereocenters. The Balaban J connectivity index is 1.30. The molecule has 0 unspecified atom stereocenters. The first-order chi connectivity index (χ1) is 18.2. The van der Waals surface area contributed by atoms with E-state index in [1.165, 1.54) is 11.8 Å². The number of ether oxygens (including phenoxy) is 2. The van der Waals surface area contributed by atoms with Crippen LogP contribution in [0.25, 0.3) is 16.7 Å². The number of aromatic nitrogens is 5. The zero-order valence-electron chi connectivity index (χ0n) is 19.5. The highest BCUT2D eigenvalue weighted by Crippen LogP contribution is 2.48. The van der Waals surface area contributed by atoms with Crippen LogP contribution in [0, 0.1) is 0 Å². The first-order valence-electron chi connectivity index (χ1n) is 11.5. The molecule has 0 amide bonds. The second-order valence-corrected chi connectivity index (χ2v) is 9.45. The zero-order chi connectivity index (χ0) is 24.9. The highest BCUT2D eigenvalue weighted by atomic mass is 32.2. The molecule has 1 aliphatic heterocycles. The Kier molecular flexibility index (Phi) is 5.00. The van der Waals surface area contributed by atoms with Crippen LogP contribution in [0.1, 0.15) is 28.4 Å². The summed E-state index contributed by atoms with van der Waals surface area (Å²) in [6.45, 7) is 0. The number of para-hydroxylation sites is 2. The lowest BCUT2D eigenvalue weighted by atomic mass is 9.84. The highest BCUT2D eigenvalue weighted by Gasteiger charge is 2.33. The van der Waals surface area contributed by atoms with Crippen molar-refractivity contribution in [3.8, 4) is 23.1 Å². The van der Waals surface area contributed by atoms with E-state index in [9.17, 15) is 5.11 Å². The van der Waals surface area contributed by atoms with E-state index in [2.05, 4.69) is 15.1 Å². The lowest BCUT2D eigenvalue weighted by Crippen LogP contribution is -2.15. The minimum absolute atomic E-state index is 0.123. The van der Waals surface area contributed by atoms with Crippen LogP contribution in [-0.4, -0.2) is 36.8 Å². The predicted octanol–water partition coefficient (Wildman–Crippen LogP) is 5.56. The van der Waals surface area contributed by atoms with Crippen molar-refractivity contribution in [1.82, 2.24) is 24.6 Å². The Bertz CT molecular complexity index is 1750. The molecule has 3 aromatic heterocycles. The van der Waals surface area contributed by atoms with Crippen molar-refractivity contribution >= 4 is 28.5 Å². The molecular weight excluding hydrogens is 490 g/mol. The van der Waals surface area contributed by atoms with Gasteiger partial charge in [0, 0.05) is 17.5 Å². The maximum atomic E-state index is 10.1. The van der Waals surface area contributed by atoms with Crippen molar-refractivity contribution in [3.63, 3.8) is 0 Å². The van der Waals surface area contributed by atoms with E-state index in [0.29, 0.717) is 34.1 Å². The van der Waals surface area contributed by atoms with Gasteiger partial charge in [-0.1, -0.05) is 42.1 Å². The van der Waals surface area contributed by atoms with E-state index in [-0.39, 0.29) is 11.7 Å². The number of hydrogen-bond acceptors (Lipinski definition) is 9. The molecule has 9 nitrogen and oxygen atoms in total. The van der Waals surface area contributed by atoms with Gasteiger partial charge in [0.1, 0.15) is 29.1 Å². The van der Waals surface area contributed by atoms with E-state index in [1.54, 1.807) is 30.1 Å². The van der Waals surface area contributed by atoms with Gasteiger partial charge in [0.15, 0.2) is 17.1 Å². The van der Waals surface area contributed by atoms with E-state index in [0.717, 1.165) is 33.5 Å². The molecule has 6 aromatic rings. The van der Waals surface area contributed by atoms with E-state index in [1.807, 2.05) is 54.6 Å². The molecule has 0 fully saturated rings. The number of aromatic hydroxyl groups is 1. The largest absolute Gasteiger partial charge is 0.508 e. The lowest BCUT2D eigenvalue weighted by molar-refractivity contribution is 0.414. The topological polar surface area (TPSA) is 108 Å². The average molecular weight is 510 g/mol. The van der Waals surface area contributed by atoms with Crippen molar-refractivity contribution in [2.24, 2.45) is 0 Å². The molecule has 10 heteroatoms. The number of phenols is 1. The van der Waals surface area contributed by atoms with Crippen LogP contribution in [-0.2, 0) is 5.75 Å². The normalized spacial score (nSPS) is 14.4. The summed E-state index contributed by atoms with van der Waals surface area (Å²) in [6.07, 6.45) is 1.59. The maximum absolute atomic E-state index is 10.1. The minimum atomic E-state index is -0.233. The number of nitrogens with zero attached hydrogens (tertiary/aromatic N) is 5. The third-order valence-electron chi connectivity index (χ3n) is 6.28. The number of oxazole rings is 1. The van der Waals surface area contributed by atoms with Gasteiger partial charge in [0.25, 0.3) is 5.22 Å². The quantitative estimate of drug-likeness (QED) is 0.298. The molecule has 1 N–H and O–H groups in total. The number of benzene rings is 3. The molecule has 182 valence electrons. The summed E-state index contributed by atoms with van der Waals surface area (Å²) in [7, 11) is 1.64. The van der Waals surface area contributed by atoms with E-state index < -0.39 is 0 Å². The molecule has 0 bridgehead atoms. The van der Waals surface area contributed by atoms with Crippen LogP contribution in [0.4, 0.5) is 0 Å². The van der Waals surface area contributed by atoms with Crippen LogP contribution >= 0.6 is 11.8 Å². The molecular formula is C27H19N5O4S. The molecule has 3 aromatic carbocycles. The fourth-order valence-corrected chi connectivity index (χ4v) is 5.28. The Morgan fingerprint density at radius 2 is 1.92 bits per heavy atom. The predicted molar refractivity (Wildman–Crippen MR) is 136 cm³/mol. The van der Waals surface area contributed by atoms with Gasteiger partial charge in [-0.2, -0.15) is 0 Å². The minimum Gasteiger partial charge on any atom is -0.508 e. The number of phenolic OH excluding ortho intramolecular Hbond substituents is 1. The molecule has 4 heterocycles. The maximum Gasteiger partial charge on any atom is 0.257 e. The van der Waals surface area contributed by atoms with Crippen LogP contribution in [0.2, 0.25) is 0 Å². The van der Waals surface area contributed by atoms with Gasteiger partial charge in [-0.3, -0.25) is 0 Å². The summed E-state index contributed by atoms with van der Waals surface area (Å²) < 4.78 is 19.0. The second-order valence-electron chi connectivity index (χ2n) is 8.53. The third kappa shape index (κ3) is 3.73. The standard InChI is InChI=1S/C27H19N5O4S/c1-34-17-9-6-15(7-10-17)23-18-11-8-16(33)12-21(18)35-26-24(23)25-30-22(31-32(25)14-28-26)13-37-27-29-19-4-2-3-5-20(19)36-27/h2-12,14,23,33H,13H2,1H3/t23-/m0/s1. The molecule has 37 heavy (non-hydrogen) atoms. The number of fused-ring (bicyclic) bond motifs is 5. The molecule has 0 saturated heterocycles. The summed E-state index contributed by atoms with van der Waals surface area (Å²) in [5.41, 5.74) is 4.92. The molecule has 0 saturated carbocycles. The fraction of sp³-hybridized carbons (Fsp3) is 0.111. The van der Waals surface area contributed by atoms with Gasteiger partial charge in [-0.05, 0) is 35.9 Å². The van der Waals surface area contributed by atoms with E-state index >= 15 is 0 Å². The van der Waals surface area contributed by atoms with Gasteiger partial charge in [0.2, 0.25) is 5.88 Å². The van der Waals surface area contributed by atoms with Crippen molar-refractivity contribution in [2.75, 3.05) is 7.11 Å². The first kappa shape index (κ1) is 21.7. The Labute approximate surface area is 214 Å². The third-order valence-corrected chi connectivity index (χ3v) is 7.11. The molecule has 1 aliphatic rings. The Hall–Kier alpha value is -4.57. The number of methoxy groups -OCH3 is 1. The zero-order valence-corrected chi connectivity index (χ0v) is 20.3. The molecule has 0 aliphatic carbocycles. The fourth-order valence-electron chi connectivity index (χ4n) is 4.59. The van der Waals surface area contributed by atoms with Crippen molar-refractivity contribution in [3.05, 3.63) is 95.6 Å². The SMILES string of the molecule is COc1ccc([C@H]2c3ccc(O)cc3Oc3ncn4nc(CSc5nc6ccccc6o5)nc4c32)cc1. The van der Waals surface area contributed by atoms with Gasteiger partial charge < -0.3 is 19.0 Å². The smallest absolute Gasteiger partial charge is 0.257 e. The Morgan fingerprint density at radius 3 is 2.76 bits per heavy atom. The monoisotopic (exact) mass is 509 g/mol. The molecule has 0 radical (unpaired) electrons. The first-order valence-corrected chi connectivity index (χ1v) is 12.5. The summed E-state index contributed by atoms with van der Waals surface area (Å²) >= 11 is 1.43. The Morgan fingerprint density at radius 1 is 1.05 bits per heavy atom.